The SMILES string of the molecule is [N-]=[N+]=NC(CCO)c1ccc(F)c(F)c1. The van der Waals surface area contributed by atoms with Crippen molar-refractivity contribution in [2.45, 2.75) is 12.5 Å². The molecule has 80 valence electrons. The van der Waals surface area contributed by atoms with Gasteiger partial charge in [-0.05, 0) is 29.6 Å². The summed E-state index contributed by atoms with van der Waals surface area (Å²) in [5.74, 6) is -1.95. The normalized spacial score (nSPS) is 11.9. The van der Waals surface area contributed by atoms with Crippen LogP contribution in [0.15, 0.2) is 23.3 Å². The summed E-state index contributed by atoms with van der Waals surface area (Å²) in [7, 11) is 0. The fourth-order valence-corrected chi connectivity index (χ4v) is 1.20. The molecule has 0 saturated carbocycles. The lowest BCUT2D eigenvalue weighted by molar-refractivity contribution is 0.276. The first-order chi connectivity index (χ1) is 7.19. The van der Waals surface area contributed by atoms with Crippen LogP contribution in [-0.2, 0) is 0 Å². The lowest BCUT2D eigenvalue weighted by Crippen LogP contribution is -1.99. The zero-order valence-electron chi connectivity index (χ0n) is 7.77. The second-order valence-corrected chi connectivity index (χ2v) is 2.91. The average Bonchev–Trinajstić information content (AvgIpc) is 2.22. The van der Waals surface area contributed by atoms with E-state index >= 15 is 0 Å². The Kier molecular flexibility index (Phi) is 4.03. The smallest absolute Gasteiger partial charge is 0.159 e. The molecule has 0 saturated heterocycles. The topological polar surface area (TPSA) is 69.0 Å². The molecule has 4 nitrogen and oxygen atoms in total. The first-order valence-corrected chi connectivity index (χ1v) is 4.29. The van der Waals surface area contributed by atoms with Crippen molar-refractivity contribution < 1.29 is 13.9 Å². The summed E-state index contributed by atoms with van der Waals surface area (Å²) in [5, 5.41) is 12.1. The van der Waals surface area contributed by atoms with Gasteiger partial charge in [0.15, 0.2) is 11.6 Å². The molecule has 1 atom stereocenters. The van der Waals surface area contributed by atoms with E-state index in [1.54, 1.807) is 0 Å². The Morgan fingerprint density at radius 1 is 1.40 bits per heavy atom. The zero-order chi connectivity index (χ0) is 11.3. The molecule has 0 aliphatic heterocycles. The fourth-order valence-electron chi connectivity index (χ4n) is 1.20. The number of aliphatic hydroxyl groups excluding tert-OH is 1. The van der Waals surface area contributed by atoms with Gasteiger partial charge in [-0.25, -0.2) is 8.78 Å². The highest BCUT2D eigenvalue weighted by atomic mass is 19.2. The Hall–Kier alpha value is -1.65. The minimum absolute atomic E-state index is 0.176. The van der Waals surface area contributed by atoms with Crippen molar-refractivity contribution in [2.24, 2.45) is 5.11 Å². The molecular formula is C9H9F2N3O. The summed E-state index contributed by atoms with van der Waals surface area (Å²) in [4.78, 5) is 2.58. The van der Waals surface area contributed by atoms with Gasteiger partial charge in [0, 0.05) is 11.5 Å². The molecule has 0 aliphatic carbocycles. The maximum Gasteiger partial charge on any atom is 0.159 e. The van der Waals surface area contributed by atoms with E-state index in [1.165, 1.54) is 6.07 Å². The van der Waals surface area contributed by atoms with Crippen LogP contribution in [0.3, 0.4) is 0 Å². The largest absolute Gasteiger partial charge is 0.396 e. The van der Waals surface area contributed by atoms with Gasteiger partial charge in [-0.1, -0.05) is 11.2 Å². The molecule has 1 rings (SSSR count). The van der Waals surface area contributed by atoms with E-state index in [9.17, 15) is 8.78 Å². The van der Waals surface area contributed by atoms with E-state index in [-0.39, 0.29) is 13.0 Å². The molecular weight excluding hydrogens is 204 g/mol. The van der Waals surface area contributed by atoms with Crippen molar-refractivity contribution >= 4 is 0 Å². The van der Waals surface area contributed by atoms with Gasteiger partial charge in [0.25, 0.3) is 0 Å². The van der Waals surface area contributed by atoms with Crippen LogP contribution < -0.4 is 0 Å². The summed E-state index contributed by atoms with van der Waals surface area (Å²) in [5.41, 5.74) is 8.61. The van der Waals surface area contributed by atoms with Crippen molar-refractivity contribution in [2.75, 3.05) is 6.61 Å². The highest BCUT2D eigenvalue weighted by molar-refractivity contribution is 5.21. The maximum atomic E-state index is 12.8. The van der Waals surface area contributed by atoms with Gasteiger partial charge in [-0.2, -0.15) is 0 Å². The molecule has 0 amide bonds. The van der Waals surface area contributed by atoms with Gasteiger partial charge in [-0.3, -0.25) is 0 Å². The van der Waals surface area contributed by atoms with Crippen LogP contribution in [0.5, 0.6) is 0 Å². The summed E-state index contributed by atoms with van der Waals surface area (Å²) in [6.07, 6.45) is 0.176. The second kappa shape index (κ2) is 5.29. The second-order valence-electron chi connectivity index (χ2n) is 2.91. The summed E-state index contributed by atoms with van der Waals surface area (Å²) in [6, 6.07) is 2.58. The Labute approximate surface area is 84.8 Å². The van der Waals surface area contributed by atoms with Crippen molar-refractivity contribution in [1.29, 1.82) is 0 Å². The van der Waals surface area contributed by atoms with Crippen LogP contribution in [0.25, 0.3) is 10.4 Å². The Bertz CT molecular complexity index is 391. The molecule has 0 bridgehead atoms. The Balaban J connectivity index is 3.00. The standard InChI is InChI=1S/C9H9F2N3O/c10-7-2-1-6(5-8(7)11)9(3-4-15)13-14-12/h1-2,5,9,15H,3-4H2. The van der Waals surface area contributed by atoms with E-state index in [4.69, 9.17) is 10.6 Å². The predicted octanol–water partition coefficient (Wildman–Crippen LogP) is 2.70. The lowest BCUT2D eigenvalue weighted by atomic mass is 10.0. The van der Waals surface area contributed by atoms with Crippen LogP contribution in [0.2, 0.25) is 0 Å². The number of rotatable bonds is 4. The van der Waals surface area contributed by atoms with Crippen molar-refractivity contribution in [3.63, 3.8) is 0 Å². The van der Waals surface area contributed by atoms with Gasteiger partial charge in [0.1, 0.15) is 0 Å². The van der Waals surface area contributed by atoms with E-state index in [2.05, 4.69) is 10.0 Å². The van der Waals surface area contributed by atoms with E-state index in [0.717, 1.165) is 12.1 Å². The molecule has 0 spiro atoms. The van der Waals surface area contributed by atoms with Gasteiger partial charge in [0.05, 0.1) is 6.04 Å². The molecule has 15 heavy (non-hydrogen) atoms. The van der Waals surface area contributed by atoms with Crippen LogP contribution >= 0.6 is 0 Å². The number of nitrogens with zero attached hydrogens (tertiary/aromatic N) is 3. The molecule has 0 radical (unpaired) electrons. The molecule has 0 aliphatic rings. The van der Waals surface area contributed by atoms with Gasteiger partial charge < -0.3 is 5.11 Å². The number of aliphatic hydroxyl groups is 1. The molecule has 0 fully saturated rings. The number of azide groups is 1. The average molecular weight is 213 g/mol. The van der Waals surface area contributed by atoms with Crippen LogP contribution in [0.4, 0.5) is 8.78 Å². The maximum absolute atomic E-state index is 12.8. The van der Waals surface area contributed by atoms with Crippen LogP contribution in [0.1, 0.15) is 18.0 Å². The zero-order valence-corrected chi connectivity index (χ0v) is 7.77. The third-order valence-corrected chi connectivity index (χ3v) is 1.92. The van der Waals surface area contributed by atoms with E-state index < -0.39 is 17.7 Å². The molecule has 0 aromatic heterocycles. The van der Waals surface area contributed by atoms with E-state index in [1.807, 2.05) is 0 Å². The molecule has 1 aromatic rings. The van der Waals surface area contributed by atoms with Crippen molar-refractivity contribution in [3.8, 4) is 0 Å². The van der Waals surface area contributed by atoms with Gasteiger partial charge >= 0.3 is 0 Å². The minimum atomic E-state index is -0.997. The number of hydrogen-bond acceptors (Lipinski definition) is 2. The summed E-state index contributed by atoms with van der Waals surface area (Å²) >= 11 is 0. The number of hydrogen-bond donors (Lipinski definition) is 1. The highest BCUT2D eigenvalue weighted by Gasteiger charge is 2.11. The monoisotopic (exact) mass is 213 g/mol. The molecule has 0 heterocycles. The Morgan fingerprint density at radius 3 is 2.67 bits per heavy atom. The first kappa shape index (κ1) is 11.4. The first-order valence-electron chi connectivity index (χ1n) is 4.29. The third kappa shape index (κ3) is 2.90. The van der Waals surface area contributed by atoms with Gasteiger partial charge in [0.2, 0.25) is 0 Å². The molecule has 6 heteroatoms. The number of benzene rings is 1. The van der Waals surface area contributed by atoms with Crippen molar-refractivity contribution in [3.05, 3.63) is 45.8 Å². The fraction of sp³-hybridized carbons (Fsp3) is 0.333. The lowest BCUT2D eigenvalue weighted by Gasteiger charge is -2.09. The third-order valence-electron chi connectivity index (χ3n) is 1.92. The van der Waals surface area contributed by atoms with Gasteiger partial charge in [-0.15, -0.1) is 0 Å². The van der Waals surface area contributed by atoms with Crippen LogP contribution in [-0.4, -0.2) is 11.7 Å². The molecule has 1 unspecified atom stereocenters. The highest BCUT2D eigenvalue weighted by Crippen LogP contribution is 2.22. The van der Waals surface area contributed by atoms with E-state index in [0.29, 0.717) is 5.56 Å². The molecule has 1 N–H and O–H groups in total. The van der Waals surface area contributed by atoms with Crippen LogP contribution in [0, 0.1) is 11.6 Å². The Morgan fingerprint density at radius 2 is 2.13 bits per heavy atom. The summed E-state index contributed by atoms with van der Waals surface area (Å²) in [6.45, 7) is -0.192. The minimum Gasteiger partial charge on any atom is -0.396 e. The molecule has 1 aromatic carbocycles. The van der Waals surface area contributed by atoms with Crippen molar-refractivity contribution in [1.82, 2.24) is 0 Å². The number of halogens is 2. The predicted molar refractivity (Wildman–Crippen MR) is 49.9 cm³/mol. The quantitative estimate of drug-likeness (QED) is 0.466. The summed E-state index contributed by atoms with van der Waals surface area (Å²) < 4.78 is 25.5.